The standard InChI is InChI=1S/C34H58N2O25/c1-8-17(42)22(47)25(50)32(54-8)61-29-24(49)19(44)12(5-38)57-34(29)60-28-16(36-10(3)41)30(52)55-14(20(28)45)7-53-31-15(35-9(2)40)21(46)27(13(6-39)58-31)59-33-26(51)23(48)18(43)11(4-37)56-33/h8,11-34,37-39,42-52H,4-7H2,1-3H3,(H,35,40)(H,36,41)/t8-,11+,12+,13+,14+,15+,16+,17+,18-,19-,20-,21+,22+,23-,24-,25-,26+,27+,28+,29+,30-,31+,32-,33-,34-/m0/s1. The Hall–Kier alpha value is -1.98. The van der Waals surface area contributed by atoms with E-state index in [-0.39, 0.29) is 0 Å². The van der Waals surface area contributed by atoms with E-state index < -0.39 is 192 Å². The van der Waals surface area contributed by atoms with Crippen molar-refractivity contribution in [3.05, 3.63) is 0 Å². The van der Waals surface area contributed by atoms with Gasteiger partial charge in [-0.3, -0.25) is 9.59 Å². The van der Waals surface area contributed by atoms with Gasteiger partial charge in [-0.15, -0.1) is 0 Å². The highest BCUT2D eigenvalue weighted by molar-refractivity contribution is 5.73. The molecule has 5 aliphatic rings. The molecule has 5 saturated heterocycles. The predicted molar refractivity (Wildman–Crippen MR) is 188 cm³/mol. The van der Waals surface area contributed by atoms with Gasteiger partial charge in [0.05, 0.1) is 32.5 Å². The van der Waals surface area contributed by atoms with E-state index in [1.54, 1.807) is 0 Å². The Balaban J connectivity index is 1.36. The Bertz CT molecular complexity index is 1420. The van der Waals surface area contributed by atoms with Crippen molar-refractivity contribution in [2.24, 2.45) is 0 Å². The maximum atomic E-state index is 12.3. The smallest absolute Gasteiger partial charge is 0.217 e. The molecule has 61 heavy (non-hydrogen) atoms. The number of ether oxygens (including phenoxy) is 9. The molecule has 2 amide bonds. The molecule has 0 unspecified atom stereocenters. The number of aliphatic hydroxyl groups excluding tert-OH is 14. The van der Waals surface area contributed by atoms with E-state index >= 15 is 0 Å². The molecule has 16 N–H and O–H groups in total. The first-order valence-corrected chi connectivity index (χ1v) is 19.4. The molecular weight excluding hydrogens is 836 g/mol. The van der Waals surface area contributed by atoms with Crippen molar-refractivity contribution in [3.63, 3.8) is 0 Å². The van der Waals surface area contributed by atoms with E-state index in [4.69, 9.17) is 42.6 Å². The zero-order valence-electron chi connectivity index (χ0n) is 33.0. The molecule has 27 nitrogen and oxygen atoms in total. The van der Waals surface area contributed by atoms with Gasteiger partial charge in [0.15, 0.2) is 31.5 Å². The molecule has 0 bridgehead atoms. The molecule has 0 aromatic rings. The topological polar surface area (TPSA) is 424 Å². The minimum Gasteiger partial charge on any atom is -0.394 e. The highest BCUT2D eigenvalue weighted by Gasteiger charge is 2.56. The summed E-state index contributed by atoms with van der Waals surface area (Å²) in [6.07, 6.45) is -40.2. The summed E-state index contributed by atoms with van der Waals surface area (Å²) in [7, 11) is 0. The fourth-order valence-corrected chi connectivity index (χ4v) is 7.66. The second-order valence-corrected chi connectivity index (χ2v) is 15.4. The Morgan fingerprint density at radius 3 is 1.51 bits per heavy atom. The van der Waals surface area contributed by atoms with Gasteiger partial charge in [-0.25, -0.2) is 0 Å². The van der Waals surface area contributed by atoms with Crippen LogP contribution in [-0.2, 0) is 52.2 Å². The van der Waals surface area contributed by atoms with Gasteiger partial charge in [0, 0.05) is 13.8 Å². The third kappa shape index (κ3) is 10.9. The first-order valence-electron chi connectivity index (χ1n) is 19.4. The number of hydrogen-bond donors (Lipinski definition) is 16. The summed E-state index contributed by atoms with van der Waals surface area (Å²) < 4.78 is 51.1. The summed E-state index contributed by atoms with van der Waals surface area (Å²) in [4.78, 5) is 24.5. The van der Waals surface area contributed by atoms with Crippen LogP contribution in [0, 0.1) is 0 Å². The second kappa shape index (κ2) is 21.3. The van der Waals surface area contributed by atoms with Gasteiger partial charge >= 0.3 is 0 Å². The highest BCUT2D eigenvalue weighted by atomic mass is 16.8. The van der Waals surface area contributed by atoms with Crippen LogP contribution in [0.4, 0.5) is 0 Å². The lowest BCUT2D eigenvalue weighted by Crippen LogP contribution is -2.69. The SMILES string of the molecule is CC(=O)N[C@@H]1[C@@H](O[C@@H]2O[C@H](CO)[C@H](O)[C@H](O)[C@H]2O[C@@H]2O[C@@H](C)[C@@H](O)[C@@H](O)[C@@H]2O)[C@@H](O)[C@@H](CO[C@@H]2O[C@H](CO)[C@@H](O[C@@H]3O[C@H](CO)[C@H](O)[C@H](O)[C@H]3O)[C@H](O)[C@H]2NC(C)=O)O[C@@H]1O. The molecule has 354 valence electrons. The van der Waals surface area contributed by atoms with Crippen LogP contribution in [0.2, 0.25) is 0 Å². The molecule has 0 saturated carbocycles. The molecule has 25 atom stereocenters. The lowest BCUT2D eigenvalue weighted by Gasteiger charge is -2.49. The van der Waals surface area contributed by atoms with Gasteiger partial charge < -0.3 is 125 Å². The molecule has 27 heteroatoms. The van der Waals surface area contributed by atoms with Crippen molar-refractivity contribution in [2.45, 2.75) is 174 Å². The van der Waals surface area contributed by atoms with Crippen LogP contribution < -0.4 is 10.6 Å². The Morgan fingerprint density at radius 1 is 0.459 bits per heavy atom. The van der Waals surface area contributed by atoms with Crippen molar-refractivity contribution in [1.29, 1.82) is 0 Å². The van der Waals surface area contributed by atoms with Gasteiger partial charge in [-0.05, 0) is 6.92 Å². The number of hydrogen-bond acceptors (Lipinski definition) is 25. The first kappa shape index (κ1) is 50.0. The lowest BCUT2D eigenvalue weighted by atomic mass is 9.94. The maximum Gasteiger partial charge on any atom is 0.217 e. The number of amides is 2. The Morgan fingerprint density at radius 2 is 0.934 bits per heavy atom. The number of carbonyl (C=O) groups excluding carboxylic acids is 2. The molecule has 0 aromatic heterocycles. The molecular formula is C34H58N2O25. The molecule has 5 heterocycles. The van der Waals surface area contributed by atoms with E-state index in [0.717, 1.165) is 13.8 Å². The normalized spacial score (nSPS) is 49.6. The average Bonchev–Trinajstić information content (AvgIpc) is 3.21. The highest BCUT2D eigenvalue weighted by Crippen LogP contribution is 2.34. The number of aliphatic hydroxyl groups is 14. The van der Waals surface area contributed by atoms with E-state index in [1.165, 1.54) is 6.92 Å². The second-order valence-electron chi connectivity index (χ2n) is 15.4. The number of nitrogens with one attached hydrogen (secondary N) is 2. The fraction of sp³-hybridized carbons (Fsp3) is 0.941. The van der Waals surface area contributed by atoms with Crippen LogP contribution in [0.3, 0.4) is 0 Å². The van der Waals surface area contributed by atoms with Gasteiger partial charge in [0.1, 0.15) is 116 Å². The third-order valence-corrected chi connectivity index (χ3v) is 11.1. The summed E-state index contributed by atoms with van der Waals surface area (Å²) in [6.45, 7) is 0.0785. The summed E-state index contributed by atoms with van der Waals surface area (Å²) in [5.41, 5.74) is 0. The summed E-state index contributed by atoms with van der Waals surface area (Å²) >= 11 is 0. The van der Waals surface area contributed by atoms with Crippen molar-refractivity contribution in [1.82, 2.24) is 10.6 Å². The summed E-state index contributed by atoms with van der Waals surface area (Å²) in [5, 5.41) is 152. The van der Waals surface area contributed by atoms with Crippen LogP contribution in [0.5, 0.6) is 0 Å². The van der Waals surface area contributed by atoms with E-state index in [2.05, 4.69) is 10.6 Å². The lowest BCUT2D eigenvalue weighted by molar-refractivity contribution is -0.381. The van der Waals surface area contributed by atoms with Gasteiger partial charge in [-0.2, -0.15) is 0 Å². The van der Waals surface area contributed by atoms with Crippen molar-refractivity contribution in [3.8, 4) is 0 Å². The maximum absolute atomic E-state index is 12.3. The number of rotatable bonds is 14. The van der Waals surface area contributed by atoms with Crippen LogP contribution in [0.25, 0.3) is 0 Å². The van der Waals surface area contributed by atoms with Gasteiger partial charge in [-0.1, -0.05) is 0 Å². The summed E-state index contributed by atoms with van der Waals surface area (Å²) in [6, 6.07) is -3.19. The Labute approximate surface area is 346 Å². The van der Waals surface area contributed by atoms with Crippen molar-refractivity contribution in [2.75, 3.05) is 26.4 Å². The van der Waals surface area contributed by atoms with Gasteiger partial charge in [0.2, 0.25) is 11.8 Å². The molecule has 5 rings (SSSR count). The van der Waals surface area contributed by atoms with Gasteiger partial charge in [0.25, 0.3) is 0 Å². The fourth-order valence-electron chi connectivity index (χ4n) is 7.66. The van der Waals surface area contributed by atoms with Crippen molar-refractivity contribution >= 4 is 11.8 Å². The van der Waals surface area contributed by atoms with E-state index in [1.807, 2.05) is 0 Å². The van der Waals surface area contributed by atoms with Crippen LogP contribution in [-0.4, -0.2) is 263 Å². The largest absolute Gasteiger partial charge is 0.394 e. The zero-order chi connectivity index (χ0) is 45.2. The molecule has 0 aliphatic carbocycles. The zero-order valence-corrected chi connectivity index (χ0v) is 33.0. The minimum absolute atomic E-state index is 0.740. The monoisotopic (exact) mass is 894 g/mol. The van der Waals surface area contributed by atoms with E-state index in [9.17, 15) is 81.1 Å². The predicted octanol–water partition coefficient (Wildman–Crippen LogP) is -10.6. The average molecular weight is 895 g/mol. The molecule has 0 radical (unpaired) electrons. The summed E-state index contributed by atoms with van der Waals surface area (Å²) in [5.74, 6) is -1.50. The van der Waals surface area contributed by atoms with E-state index in [0.29, 0.717) is 0 Å². The van der Waals surface area contributed by atoms with Crippen LogP contribution >= 0.6 is 0 Å². The van der Waals surface area contributed by atoms with Crippen LogP contribution in [0.15, 0.2) is 0 Å². The van der Waals surface area contributed by atoms with Crippen LogP contribution in [0.1, 0.15) is 20.8 Å². The molecule has 5 aliphatic heterocycles. The molecule has 5 fully saturated rings. The quantitative estimate of drug-likeness (QED) is 0.0770. The third-order valence-electron chi connectivity index (χ3n) is 11.1. The molecule has 0 aromatic carbocycles. The Kier molecular flexibility index (Phi) is 17.5. The molecule has 0 spiro atoms. The number of carbonyl (C=O) groups is 2. The minimum atomic E-state index is -2.01. The van der Waals surface area contributed by atoms with Crippen molar-refractivity contribution < 1.29 is 124 Å². The first-order chi connectivity index (χ1) is 28.7.